The van der Waals surface area contributed by atoms with Gasteiger partial charge in [-0.15, -0.1) is 0 Å². The van der Waals surface area contributed by atoms with E-state index in [0.717, 1.165) is 18.2 Å². The van der Waals surface area contributed by atoms with Gasteiger partial charge >= 0.3 is 6.18 Å². The Morgan fingerprint density at radius 2 is 2.06 bits per heavy atom. The van der Waals surface area contributed by atoms with E-state index in [-0.39, 0.29) is 47.5 Å². The van der Waals surface area contributed by atoms with Gasteiger partial charge in [0, 0.05) is 13.1 Å². The van der Waals surface area contributed by atoms with Crippen LogP contribution >= 0.6 is 0 Å². The summed E-state index contributed by atoms with van der Waals surface area (Å²) < 4.78 is 77.0. The maximum absolute atomic E-state index is 13.1. The Bertz CT molecular complexity index is 1080. The van der Waals surface area contributed by atoms with Gasteiger partial charge in [0.25, 0.3) is 0 Å². The number of aryl methyl sites for hydroxylation is 2. The lowest BCUT2D eigenvalue weighted by Crippen LogP contribution is -2.44. The third-order valence-corrected chi connectivity index (χ3v) is 7.30. The zero-order chi connectivity index (χ0) is 23.7. The van der Waals surface area contributed by atoms with E-state index in [2.05, 4.69) is 10.5 Å². The van der Waals surface area contributed by atoms with Crippen molar-refractivity contribution >= 4 is 21.6 Å². The highest BCUT2D eigenvalue weighted by atomic mass is 32.2. The fourth-order valence-electron chi connectivity index (χ4n) is 3.67. The number of hydrogen-bond donors (Lipinski definition) is 1. The van der Waals surface area contributed by atoms with Crippen LogP contribution in [-0.2, 0) is 21.0 Å². The highest BCUT2D eigenvalue weighted by Gasteiger charge is 2.37. The maximum Gasteiger partial charge on any atom is 0.416 e. The van der Waals surface area contributed by atoms with Crippen molar-refractivity contribution in [1.29, 1.82) is 0 Å². The Morgan fingerprint density at radius 3 is 2.66 bits per heavy atom. The van der Waals surface area contributed by atoms with Crippen molar-refractivity contribution in [3.8, 4) is 5.75 Å². The molecule has 1 unspecified atom stereocenters. The summed E-state index contributed by atoms with van der Waals surface area (Å²) in [6.45, 7) is 4.97. The number of hydrogen-bond acceptors (Lipinski definition) is 6. The number of halogens is 3. The van der Waals surface area contributed by atoms with Gasteiger partial charge < -0.3 is 14.6 Å². The molecule has 1 aliphatic rings. The van der Waals surface area contributed by atoms with Crippen LogP contribution in [0.15, 0.2) is 27.6 Å². The molecule has 1 N–H and O–H groups in total. The number of sulfonamides is 1. The molecular formula is C20H24F3N3O5S. The first-order valence-corrected chi connectivity index (χ1v) is 11.5. The van der Waals surface area contributed by atoms with E-state index >= 15 is 0 Å². The van der Waals surface area contributed by atoms with E-state index < -0.39 is 33.6 Å². The molecule has 1 aromatic heterocycles. The molecule has 2 aromatic rings. The lowest BCUT2D eigenvalue weighted by atomic mass is 9.98. The van der Waals surface area contributed by atoms with Gasteiger partial charge in [0.15, 0.2) is 5.76 Å². The molecular weight excluding hydrogens is 451 g/mol. The van der Waals surface area contributed by atoms with Crippen molar-refractivity contribution in [1.82, 2.24) is 9.46 Å². The average Bonchev–Trinajstić information content (AvgIpc) is 3.07. The molecule has 0 saturated carbocycles. The fourth-order valence-corrected chi connectivity index (χ4v) is 5.48. The molecule has 1 fully saturated rings. The number of anilines is 1. The quantitative estimate of drug-likeness (QED) is 0.683. The number of aromatic nitrogens is 1. The van der Waals surface area contributed by atoms with Gasteiger partial charge in [0.2, 0.25) is 15.9 Å². The standard InChI is InChI=1S/C20H24F3N3O5S/c1-4-30-17-8-7-15(20(21,22)23)10-16(17)24-19(27)14-6-5-9-26(11-14)32(28,29)18-12(2)25-31-13(18)3/h7-8,10,14H,4-6,9,11H2,1-3H3,(H,24,27). The predicted molar refractivity (Wildman–Crippen MR) is 109 cm³/mol. The molecule has 12 heteroatoms. The molecule has 2 heterocycles. The number of amides is 1. The largest absolute Gasteiger partial charge is 0.492 e. The van der Waals surface area contributed by atoms with Gasteiger partial charge in [-0.2, -0.15) is 17.5 Å². The molecule has 1 amide bonds. The normalized spacial score (nSPS) is 17.9. The summed E-state index contributed by atoms with van der Waals surface area (Å²) in [5.74, 6) is -1.07. The van der Waals surface area contributed by atoms with Gasteiger partial charge in [-0.1, -0.05) is 5.16 Å². The Kier molecular flexibility index (Phi) is 6.84. The highest BCUT2D eigenvalue weighted by molar-refractivity contribution is 7.89. The Labute approximate surface area is 183 Å². The smallest absolute Gasteiger partial charge is 0.416 e. The predicted octanol–water partition coefficient (Wildman–Crippen LogP) is 3.75. The van der Waals surface area contributed by atoms with Crippen molar-refractivity contribution in [2.45, 2.75) is 44.7 Å². The molecule has 1 aromatic carbocycles. The molecule has 8 nitrogen and oxygen atoms in total. The molecule has 1 atom stereocenters. The minimum atomic E-state index is -4.59. The van der Waals surface area contributed by atoms with Gasteiger partial charge in [-0.25, -0.2) is 8.42 Å². The van der Waals surface area contributed by atoms with E-state index in [4.69, 9.17) is 9.26 Å². The van der Waals surface area contributed by atoms with Gasteiger partial charge in [-0.3, -0.25) is 4.79 Å². The third-order valence-electron chi connectivity index (χ3n) is 5.19. The van der Waals surface area contributed by atoms with Crippen LogP contribution in [0.4, 0.5) is 18.9 Å². The molecule has 0 bridgehead atoms. The van der Waals surface area contributed by atoms with Crippen LogP contribution in [0.3, 0.4) is 0 Å². The Morgan fingerprint density at radius 1 is 1.34 bits per heavy atom. The molecule has 176 valence electrons. The lowest BCUT2D eigenvalue weighted by molar-refractivity contribution is -0.137. The SMILES string of the molecule is CCOc1ccc(C(F)(F)F)cc1NC(=O)C1CCCN(S(=O)(=O)c2c(C)noc2C)C1. The molecule has 32 heavy (non-hydrogen) atoms. The van der Waals surface area contributed by atoms with Crippen LogP contribution in [0.5, 0.6) is 5.75 Å². The number of alkyl halides is 3. The van der Waals surface area contributed by atoms with Crippen molar-refractivity contribution in [3.63, 3.8) is 0 Å². The lowest BCUT2D eigenvalue weighted by Gasteiger charge is -2.31. The summed E-state index contributed by atoms with van der Waals surface area (Å²) in [5.41, 5.74) is -0.820. The summed E-state index contributed by atoms with van der Waals surface area (Å²) >= 11 is 0. The first-order chi connectivity index (χ1) is 14.9. The van der Waals surface area contributed by atoms with Crippen LogP contribution in [0.1, 0.15) is 36.8 Å². The molecule has 0 radical (unpaired) electrons. The monoisotopic (exact) mass is 475 g/mol. The van der Waals surface area contributed by atoms with Crippen LogP contribution in [-0.4, -0.2) is 43.5 Å². The maximum atomic E-state index is 13.1. The minimum Gasteiger partial charge on any atom is -0.492 e. The summed E-state index contributed by atoms with van der Waals surface area (Å²) in [4.78, 5) is 12.8. The number of carbonyl (C=O) groups excluding carboxylic acids is 1. The summed E-state index contributed by atoms with van der Waals surface area (Å²) in [6, 6.07) is 2.83. The number of rotatable bonds is 6. The van der Waals surface area contributed by atoms with E-state index in [1.165, 1.54) is 18.2 Å². The van der Waals surface area contributed by atoms with E-state index in [9.17, 15) is 26.4 Å². The molecule has 0 spiro atoms. The molecule has 1 aliphatic heterocycles. The van der Waals surface area contributed by atoms with E-state index in [0.29, 0.717) is 12.8 Å². The zero-order valence-corrected chi connectivity index (χ0v) is 18.6. The zero-order valence-electron chi connectivity index (χ0n) is 17.8. The number of benzene rings is 1. The van der Waals surface area contributed by atoms with Crippen molar-refractivity contribution in [2.75, 3.05) is 25.0 Å². The van der Waals surface area contributed by atoms with Crippen LogP contribution in [0.2, 0.25) is 0 Å². The number of piperidine rings is 1. The van der Waals surface area contributed by atoms with Crippen molar-refractivity contribution in [2.24, 2.45) is 5.92 Å². The highest BCUT2D eigenvalue weighted by Crippen LogP contribution is 2.36. The van der Waals surface area contributed by atoms with E-state index in [1.54, 1.807) is 6.92 Å². The Balaban J connectivity index is 1.82. The first kappa shape index (κ1) is 24.1. The van der Waals surface area contributed by atoms with Crippen LogP contribution in [0, 0.1) is 19.8 Å². The number of carbonyl (C=O) groups is 1. The number of nitrogens with zero attached hydrogens (tertiary/aromatic N) is 2. The summed E-state index contributed by atoms with van der Waals surface area (Å²) in [5, 5.41) is 6.17. The number of ether oxygens (including phenoxy) is 1. The number of nitrogens with one attached hydrogen (secondary N) is 1. The second-order valence-corrected chi connectivity index (χ2v) is 9.36. The molecule has 0 aliphatic carbocycles. The summed E-state index contributed by atoms with van der Waals surface area (Å²) in [7, 11) is -3.94. The third kappa shape index (κ3) is 4.90. The minimum absolute atomic E-state index is 0.0323. The Hall–Kier alpha value is -2.60. The molecule has 1 saturated heterocycles. The average molecular weight is 475 g/mol. The van der Waals surface area contributed by atoms with Crippen molar-refractivity contribution < 1.29 is 35.6 Å². The van der Waals surface area contributed by atoms with Gasteiger partial charge in [0.1, 0.15) is 16.3 Å². The van der Waals surface area contributed by atoms with E-state index in [1.807, 2.05) is 0 Å². The second-order valence-electron chi connectivity index (χ2n) is 7.49. The van der Waals surface area contributed by atoms with Gasteiger partial charge in [-0.05, 0) is 51.8 Å². The van der Waals surface area contributed by atoms with Crippen LogP contribution in [0.25, 0.3) is 0 Å². The summed E-state index contributed by atoms with van der Waals surface area (Å²) in [6.07, 6.45) is -3.78. The van der Waals surface area contributed by atoms with Crippen LogP contribution < -0.4 is 10.1 Å². The molecule has 3 rings (SSSR count). The first-order valence-electron chi connectivity index (χ1n) is 10.0. The van der Waals surface area contributed by atoms with Gasteiger partial charge in [0.05, 0.1) is 23.8 Å². The topological polar surface area (TPSA) is 102 Å². The van der Waals surface area contributed by atoms with Crippen molar-refractivity contribution in [3.05, 3.63) is 35.2 Å². The fraction of sp³-hybridized carbons (Fsp3) is 0.500. The second kappa shape index (κ2) is 9.10.